The molecule has 0 bridgehead atoms. The van der Waals surface area contributed by atoms with Crippen molar-refractivity contribution < 1.29 is 24.1 Å². The number of carbonyl (C=O) groups is 1. The van der Waals surface area contributed by atoms with Gasteiger partial charge in [0.2, 0.25) is 0 Å². The molecule has 4 aromatic carbocycles. The van der Waals surface area contributed by atoms with Gasteiger partial charge in [0.05, 0.1) is 21.3 Å². The summed E-state index contributed by atoms with van der Waals surface area (Å²) in [6.45, 7) is 5.76. The monoisotopic (exact) mass is 678 g/mol. The summed E-state index contributed by atoms with van der Waals surface area (Å²) in [6, 6.07) is 27.4. The van der Waals surface area contributed by atoms with Gasteiger partial charge in [-0.2, -0.15) is 0 Å². The second kappa shape index (κ2) is 14.0. The Morgan fingerprint density at radius 1 is 0.952 bits per heavy atom. The van der Waals surface area contributed by atoms with Crippen LogP contribution in [-0.4, -0.2) is 48.5 Å². The van der Waals surface area contributed by atoms with Crippen LogP contribution in [0.1, 0.15) is 29.8 Å². The average Bonchev–Trinajstić information content (AvgIpc) is 3.37. The van der Waals surface area contributed by atoms with Gasteiger partial charge < -0.3 is 29.6 Å². The van der Waals surface area contributed by atoms with E-state index < -0.39 is 6.10 Å². The van der Waals surface area contributed by atoms with Gasteiger partial charge >= 0.3 is 5.97 Å². The van der Waals surface area contributed by atoms with Gasteiger partial charge in [-0.15, -0.1) is 0 Å². The predicted octanol–water partition coefficient (Wildman–Crippen LogP) is 7.10. The van der Waals surface area contributed by atoms with Crippen molar-refractivity contribution in [1.82, 2.24) is 10.3 Å². The Morgan fingerprint density at radius 3 is 2.52 bits per heavy atom. The van der Waals surface area contributed by atoms with Gasteiger partial charge in [-0.1, -0.05) is 43.3 Å². The molecule has 0 saturated carbocycles. The first-order valence-corrected chi connectivity index (χ1v) is 15.2. The summed E-state index contributed by atoms with van der Waals surface area (Å²) < 4.78 is 18.0. The van der Waals surface area contributed by atoms with Gasteiger partial charge in [-0.3, -0.25) is 0 Å². The van der Waals surface area contributed by atoms with Crippen molar-refractivity contribution in [3.8, 4) is 17.2 Å². The molecule has 0 aliphatic heterocycles. The molecule has 0 amide bonds. The standard InChI is InChI=1S/C34H35IN2O5/c1-3-40-34(39)24-13-16-31(28(35)18-24)42-26-14-11-23(12-15-26)17-22(2)19-36-20-25(38)21-41-32-10-6-9-30-33(32)27-7-4-5-8-29(27)37-30/h4-16,18,22,25,36-38H,3,17,19-21H2,1-2H3. The molecule has 8 heteroatoms. The average molecular weight is 679 g/mol. The van der Waals surface area contributed by atoms with Gasteiger partial charge in [0.15, 0.2) is 0 Å². The van der Waals surface area contributed by atoms with E-state index in [1.807, 2.05) is 42.5 Å². The van der Waals surface area contributed by atoms with E-state index in [0.29, 0.717) is 30.4 Å². The van der Waals surface area contributed by atoms with Gasteiger partial charge in [0, 0.05) is 22.8 Å². The molecular formula is C34H35IN2O5. The Morgan fingerprint density at radius 2 is 1.74 bits per heavy atom. The number of aliphatic hydroxyl groups is 1. The van der Waals surface area contributed by atoms with Gasteiger partial charge in [0.25, 0.3) is 0 Å². The quantitative estimate of drug-likeness (QED) is 0.0909. The minimum absolute atomic E-state index is 0.214. The van der Waals surface area contributed by atoms with Gasteiger partial charge in [-0.05, 0) is 102 Å². The molecule has 5 rings (SSSR count). The summed E-state index contributed by atoms with van der Waals surface area (Å²) in [5.41, 5.74) is 3.81. The first-order valence-electron chi connectivity index (χ1n) is 14.2. The maximum atomic E-state index is 12.0. The Kier molecular flexibility index (Phi) is 9.99. The zero-order valence-electron chi connectivity index (χ0n) is 23.7. The highest BCUT2D eigenvalue weighted by molar-refractivity contribution is 14.1. The largest absolute Gasteiger partial charge is 0.490 e. The van der Waals surface area contributed by atoms with Crippen LogP contribution in [0.3, 0.4) is 0 Å². The number of fused-ring (bicyclic) bond motifs is 3. The van der Waals surface area contributed by atoms with Crippen LogP contribution < -0.4 is 14.8 Å². The smallest absolute Gasteiger partial charge is 0.338 e. The molecule has 0 aliphatic carbocycles. The molecule has 0 spiro atoms. The van der Waals surface area contributed by atoms with E-state index in [-0.39, 0.29) is 12.6 Å². The highest BCUT2D eigenvalue weighted by atomic mass is 127. The van der Waals surface area contributed by atoms with Gasteiger partial charge in [-0.25, -0.2) is 4.79 Å². The molecule has 7 nitrogen and oxygen atoms in total. The third-order valence-electron chi connectivity index (χ3n) is 6.97. The number of nitrogens with one attached hydrogen (secondary N) is 2. The van der Waals surface area contributed by atoms with Crippen LogP contribution in [0, 0.1) is 9.49 Å². The summed E-state index contributed by atoms with van der Waals surface area (Å²) >= 11 is 2.16. The van der Waals surface area contributed by atoms with Crippen molar-refractivity contribution >= 4 is 50.4 Å². The number of esters is 1. The molecule has 3 N–H and O–H groups in total. The Bertz CT molecular complexity index is 1650. The van der Waals surface area contributed by atoms with Crippen LogP contribution in [-0.2, 0) is 11.2 Å². The van der Waals surface area contributed by atoms with E-state index in [1.54, 1.807) is 25.1 Å². The lowest BCUT2D eigenvalue weighted by atomic mass is 10.0. The number of benzene rings is 4. The first kappa shape index (κ1) is 29.9. The fraction of sp³-hybridized carbons (Fsp3) is 0.265. The van der Waals surface area contributed by atoms with Gasteiger partial charge in [0.1, 0.15) is 30.0 Å². The van der Waals surface area contributed by atoms with Crippen LogP contribution in [0.4, 0.5) is 0 Å². The van der Waals surface area contributed by atoms with Crippen LogP contribution in [0.25, 0.3) is 21.8 Å². The van der Waals surface area contributed by atoms with E-state index in [4.69, 9.17) is 14.2 Å². The van der Waals surface area contributed by atoms with Crippen LogP contribution in [0.5, 0.6) is 17.2 Å². The highest BCUT2D eigenvalue weighted by Gasteiger charge is 2.13. The summed E-state index contributed by atoms with van der Waals surface area (Å²) in [5.74, 6) is 2.24. The number of rotatable bonds is 13. The molecule has 42 heavy (non-hydrogen) atoms. The Labute approximate surface area is 259 Å². The second-order valence-corrected chi connectivity index (χ2v) is 11.6. The third kappa shape index (κ3) is 7.42. The molecule has 2 unspecified atom stereocenters. The molecule has 0 fully saturated rings. The number of ether oxygens (including phenoxy) is 3. The minimum atomic E-state index is -0.622. The maximum Gasteiger partial charge on any atom is 0.338 e. The Hall–Kier alpha value is -3.60. The van der Waals surface area contributed by atoms with Crippen molar-refractivity contribution in [2.45, 2.75) is 26.4 Å². The number of para-hydroxylation sites is 1. The third-order valence-corrected chi connectivity index (χ3v) is 7.82. The van der Waals surface area contributed by atoms with Crippen molar-refractivity contribution in [3.63, 3.8) is 0 Å². The molecule has 2 atom stereocenters. The van der Waals surface area contributed by atoms with E-state index >= 15 is 0 Å². The predicted molar refractivity (Wildman–Crippen MR) is 175 cm³/mol. The fourth-order valence-electron chi connectivity index (χ4n) is 4.95. The summed E-state index contributed by atoms with van der Waals surface area (Å²) in [5, 5.41) is 16.1. The zero-order valence-corrected chi connectivity index (χ0v) is 25.9. The summed E-state index contributed by atoms with van der Waals surface area (Å²) in [4.78, 5) is 15.4. The van der Waals surface area contributed by atoms with Crippen molar-refractivity contribution in [2.75, 3.05) is 26.3 Å². The molecule has 0 aliphatic rings. The van der Waals surface area contributed by atoms with Crippen LogP contribution in [0.15, 0.2) is 84.9 Å². The molecule has 218 valence electrons. The molecule has 0 saturated heterocycles. The van der Waals surface area contributed by atoms with E-state index in [9.17, 15) is 9.90 Å². The lowest BCUT2D eigenvalue weighted by molar-refractivity contribution is 0.0526. The topological polar surface area (TPSA) is 92.8 Å². The fourth-order valence-corrected chi connectivity index (χ4v) is 5.58. The number of aliphatic hydroxyl groups excluding tert-OH is 1. The molecule has 0 radical (unpaired) electrons. The molecule has 5 aromatic rings. The van der Waals surface area contributed by atoms with Crippen molar-refractivity contribution in [2.24, 2.45) is 5.92 Å². The summed E-state index contributed by atoms with van der Waals surface area (Å²) in [6.07, 6.45) is 0.275. The number of hydrogen-bond donors (Lipinski definition) is 3. The number of halogens is 1. The summed E-state index contributed by atoms with van der Waals surface area (Å²) in [7, 11) is 0. The molecule has 1 heterocycles. The normalized spacial score (nSPS) is 12.8. The van der Waals surface area contributed by atoms with Crippen LogP contribution >= 0.6 is 22.6 Å². The van der Waals surface area contributed by atoms with Crippen molar-refractivity contribution in [3.05, 3.63) is 99.6 Å². The van der Waals surface area contributed by atoms with Crippen molar-refractivity contribution in [1.29, 1.82) is 0 Å². The number of H-pyrrole nitrogens is 1. The van der Waals surface area contributed by atoms with E-state index in [2.05, 4.69) is 64.1 Å². The minimum Gasteiger partial charge on any atom is -0.490 e. The molecular weight excluding hydrogens is 643 g/mol. The van der Waals surface area contributed by atoms with E-state index in [1.165, 1.54) is 5.56 Å². The van der Waals surface area contributed by atoms with Crippen LogP contribution in [0.2, 0.25) is 0 Å². The second-order valence-electron chi connectivity index (χ2n) is 10.4. The first-order chi connectivity index (χ1) is 20.4. The number of aromatic nitrogens is 1. The lowest BCUT2D eigenvalue weighted by Crippen LogP contribution is -2.34. The van der Waals surface area contributed by atoms with E-state index in [0.717, 1.165) is 49.8 Å². The SMILES string of the molecule is CCOC(=O)c1ccc(Oc2ccc(CC(C)CNCC(O)COc3cccc4[nH]c5ccccc5c34)cc2)c(I)c1. The number of hydrogen-bond acceptors (Lipinski definition) is 6. The highest BCUT2D eigenvalue weighted by Crippen LogP contribution is 2.33. The number of carbonyl (C=O) groups excluding carboxylic acids is 1. The molecule has 1 aromatic heterocycles. The zero-order chi connectivity index (χ0) is 29.5. The maximum absolute atomic E-state index is 12.0. The number of aromatic amines is 1. The lowest BCUT2D eigenvalue weighted by Gasteiger charge is -2.17. The Balaban J connectivity index is 1.06.